The lowest BCUT2D eigenvalue weighted by atomic mass is 9.67. The number of primary amides is 1. The maximum Gasteiger partial charge on any atom is 0.377 e. The van der Waals surface area contributed by atoms with Crippen LogP contribution < -0.4 is 11.1 Å². The fraction of sp³-hybridized carbons (Fsp3) is 0.435. The zero-order valence-electron chi connectivity index (χ0n) is 18.3. The Balaban J connectivity index is 1.57. The van der Waals surface area contributed by atoms with Gasteiger partial charge in [0.15, 0.2) is 5.69 Å². The van der Waals surface area contributed by atoms with Crippen molar-refractivity contribution in [1.82, 2.24) is 15.5 Å². The van der Waals surface area contributed by atoms with Crippen LogP contribution in [0.1, 0.15) is 60.4 Å². The van der Waals surface area contributed by atoms with Gasteiger partial charge in [0, 0.05) is 17.4 Å². The number of piperidine rings is 1. The van der Waals surface area contributed by atoms with Crippen LogP contribution in [-0.4, -0.2) is 57.7 Å². The highest BCUT2D eigenvalue weighted by molar-refractivity contribution is 6.08. The number of amides is 2. The average molecular weight is 436 g/mol. The third-order valence-corrected chi connectivity index (χ3v) is 7.17. The minimum atomic E-state index is -0.639. The quantitative estimate of drug-likeness (QED) is 0.635. The van der Waals surface area contributed by atoms with Crippen molar-refractivity contribution in [2.75, 3.05) is 13.1 Å². The number of benzene rings is 1. The van der Waals surface area contributed by atoms with E-state index in [9.17, 15) is 14.4 Å². The predicted molar refractivity (Wildman–Crippen MR) is 119 cm³/mol. The van der Waals surface area contributed by atoms with Crippen molar-refractivity contribution in [1.29, 1.82) is 0 Å². The van der Waals surface area contributed by atoms with Gasteiger partial charge < -0.3 is 11.1 Å². The zero-order chi connectivity index (χ0) is 22.7. The van der Waals surface area contributed by atoms with E-state index in [0.29, 0.717) is 28.6 Å². The molecule has 1 aliphatic carbocycles. The molecule has 3 aliphatic rings. The summed E-state index contributed by atoms with van der Waals surface area (Å²) < 4.78 is -0.356. The Kier molecular flexibility index (Phi) is 4.65. The van der Waals surface area contributed by atoms with Crippen molar-refractivity contribution in [3.63, 3.8) is 0 Å². The van der Waals surface area contributed by atoms with E-state index in [2.05, 4.69) is 20.6 Å². The first-order valence-electron chi connectivity index (χ1n) is 11.0. The van der Waals surface area contributed by atoms with Crippen LogP contribution in [0.2, 0.25) is 0 Å². The lowest BCUT2D eigenvalue weighted by Crippen LogP contribution is -2.54. The van der Waals surface area contributed by atoms with E-state index in [1.165, 1.54) is 0 Å². The summed E-state index contributed by atoms with van der Waals surface area (Å²) in [7, 11) is 0. The van der Waals surface area contributed by atoms with Gasteiger partial charge in [-0.1, -0.05) is 9.69 Å². The van der Waals surface area contributed by atoms with Crippen molar-refractivity contribution < 1.29 is 19.0 Å². The number of carbonyl (C=O) groups excluding carboxylic acids is 3. The molecule has 2 aliphatic heterocycles. The molecule has 1 aromatic carbocycles. The van der Waals surface area contributed by atoms with Gasteiger partial charge in [-0.15, -0.1) is 0 Å². The summed E-state index contributed by atoms with van der Waals surface area (Å²) in [6.45, 7) is 5.64. The summed E-state index contributed by atoms with van der Waals surface area (Å²) in [6.07, 6.45) is 4.89. The molecule has 9 heteroatoms. The lowest BCUT2D eigenvalue weighted by molar-refractivity contribution is -0.833. The molecule has 0 radical (unpaired) electrons. The largest absolute Gasteiger partial charge is 0.377 e. The molecule has 3 heterocycles. The number of carbonyl (C=O) groups is 3. The molecule has 5 rings (SSSR count). The van der Waals surface area contributed by atoms with Gasteiger partial charge >= 0.3 is 5.91 Å². The number of rotatable bonds is 3. The van der Waals surface area contributed by atoms with E-state index in [1.807, 2.05) is 13.8 Å². The summed E-state index contributed by atoms with van der Waals surface area (Å²) >= 11 is 0. The number of allylic oxidation sites excluding steroid dienone is 2. The third-order valence-electron chi connectivity index (χ3n) is 7.17. The van der Waals surface area contributed by atoms with Crippen LogP contribution in [-0.2, 0) is 4.79 Å². The topological polar surface area (TPSA) is 130 Å². The summed E-state index contributed by atoms with van der Waals surface area (Å²) in [5, 5.41) is 15.3. The molecule has 1 unspecified atom stereocenters. The molecular weight excluding hydrogens is 408 g/mol. The monoisotopic (exact) mass is 435 g/mol. The average Bonchev–Trinajstić information content (AvgIpc) is 3.35. The summed E-state index contributed by atoms with van der Waals surface area (Å²) in [5.41, 5.74) is 7.80. The number of H-pyrrole nitrogens is 1. The van der Waals surface area contributed by atoms with Crippen LogP contribution in [0.15, 0.2) is 34.6 Å². The Labute approximate surface area is 185 Å². The second kappa shape index (κ2) is 7.18. The highest BCUT2D eigenvalue weighted by atomic mass is 16.2. The molecule has 2 amide bonds. The van der Waals surface area contributed by atoms with Gasteiger partial charge in [0.25, 0.3) is 5.91 Å². The van der Waals surface area contributed by atoms with Crippen LogP contribution in [0.3, 0.4) is 0 Å². The SMILES string of the molecule is CC(C)[N+]1(C(=O)c2ccc3c(C(N)=O)n[nH]c3c2)N=CC2=C1C(=O)CC1(CCNCC1)C2. The van der Waals surface area contributed by atoms with Crippen molar-refractivity contribution in [3.8, 4) is 0 Å². The molecule has 1 aromatic heterocycles. The number of aromatic nitrogens is 2. The van der Waals surface area contributed by atoms with Crippen LogP contribution in [0.4, 0.5) is 0 Å². The molecule has 166 valence electrons. The molecule has 0 saturated carbocycles. The summed E-state index contributed by atoms with van der Waals surface area (Å²) in [5.74, 6) is -0.890. The van der Waals surface area contributed by atoms with Gasteiger partial charge in [0.2, 0.25) is 11.5 Å². The van der Waals surface area contributed by atoms with Gasteiger partial charge in [-0.05, 0) is 69.8 Å². The van der Waals surface area contributed by atoms with Gasteiger partial charge in [0.05, 0.1) is 17.3 Å². The zero-order valence-corrected chi connectivity index (χ0v) is 18.3. The van der Waals surface area contributed by atoms with Crippen LogP contribution >= 0.6 is 0 Å². The van der Waals surface area contributed by atoms with Crippen LogP contribution in [0, 0.1) is 5.41 Å². The first-order chi connectivity index (χ1) is 15.3. The number of Topliss-reactive ketones (excluding diaryl/α,β-unsaturated/α-hetero) is 1. The van der Waals surface area contributed by atoms with Gasteiger partial charge in [-0.2, -0.15) is 5.10 Å². The van der Waals surface area contributed by atoms with E-state index in [-0.39, 0.29) is 33.4 Å². The first kappa shape index (κ1) is 20.7. The Morgan fingerprint density at radius 1 is 1.19 bits per heavy atom. The number of nitrogens with zero attached hydrogens (tertiary/aromatic N) is 3. The Hall–Kier alpha value is -3.17. The van der Waals surface area contributed by atoms with E-state index >= 15 is 0 Å². The third kappa shape index (κ3) is 2.88. The molecule has 1 saturated heterocycles. The predicted octanol–water partition coefficient (Wildman–Crippen LogP) is 2.01. The van der Waals surface area contributed by atoms with Gasteiger partial charge in [-0.25, -0.2) is 4.79 Å². The van der Waals surface area contributed by atoms with Crippen LogP contribution in [0.25, 0.3) is 10.9 Å². The molecule has 0 bridgehead atoms. The molecule has 1 atom stereocenters. The van der Waals surface area contributed by atoms with Gasteiger partial charge in [0.1, 0.15) is 6.04 Å². The molecule has 1 fully saturated rings. The van der Waals surface area contributed by atoms with E-state index in [4.69, 9.17) is 5.73 Å². The number of hydrogen-bond acceptors (Lipinski definition) is 6. The Morgan fingerprint density at radius 3 is 2.62 bits per heavy atom. The molecule has 9 nitrogen and oxygen atoms in total. The fourth-order valence-electron chi connectivity index (χ4n) is 5.52. The summed E-state index contributed by atoms with van der Waals surface area (Å²) in [4.78, 5) is 39.0. The number of nitrogens with two attached hydrogens (primary N) is 1. The standard InChI is InChI=1S/C23H26N6O3/c1-13(2)29(22(32)14-3-4-16-17(9-14)27-28-19(16)21(24)31)20-15(12-26-29)10-23(11-18(20)30)5-7-25-8-6-23/h3-4,9,12-13,25H,5-8,10-11H2,1-2H3,(H2-,24,27,28,31,32)/p+1. The molecule has 2 aromatic rings. The Morgan fingerprint density at radius 2 is 1.94 bits per heavy atom. The van der Waals surface area contributed by atoms with Crippen molar-refractivity contribution in [3.05, 3.63) is 40.7 Å². The molecule has 1 spiro atoms. The highest BCUT2D eigenvalue weighted by Crippen LogP contribution is 2.48. The highest BCUT2D eigenvalue weighted by Gasteiger charge is 2.57. The number of fused-ring (bicyclic) bond motifs is 1. The number of hydrogen-bond donors (Lipinski definition) is 3. The van der Waals surface area contributed by atoms with E-state index in [1.54, 1.807) is 24.4 Å². The number of quaternary nitrogens is 1. The first-order valence-corrected chi connectivity index (χ1v) is 11.0. The maximum absolute atomic E-state index is 13.9. The minimum absolute atomic E-state index is 0.0198. The minimum Gasteiger partial charge on any atom is -0.364 e. The number of ketones is 1. The Bertz CT molecular complexity index is 1220. The molecular formula is C23H27N6O3+. The fourth-order valence-corrected chi connectivity index (χ4v) is 5.52. The lowest BCUT2D eigenvalue weighted by Gasteiger charge is -2.41. The second-order valence-electron chi connectivity index (χ2n) is 9.43. The van der Waals surface area contributed by atoms with E-state index in [0.717, 1.165) is 37.9 Å². The number of nitrogens with one attached hydrogen (secondary N) is 2. The summed E-state index contributed by atoms with van der Waals surface area (Å²) in [6, 6.07) is 4.70. The smallest absolute Gasteiger partial charge is 0.364 e. The molecule has 4 N–H and O–H groups in total. The van der Waals surface area contributed by atoms with Crippen molar-refractivity contribution in [2.24, 2.45) is 16.3 Å². The van der Waals surface area contributed by atoms with Crippen LogP contribution in [0.5, 0.6) is 0 Å². The normalized spacial score (nSPS) is 24.5. The van der Waals surface area contributed by atoms with Gasteiger partial charge in [-0.3, -0.25) is 14.7 Å². The maximum atomic E-state index is 13.9. The van der Waals surface area contributed by atoms with Crippen molar-refractivity contribution in [2.45, 2.75) is 45.6 Å². The number of aromatic amines is 1. The van der Waals surface area contributed by atoms with Crippen molar-refractivity contribution >= 4 is 34.7 Å². The van der Waals surface area contributed by atoms with E-state index < -0.39 is 5.91 Å². The molecule has 32 heavy (non-hydrogen) atoms. The second-order valence-corrected chi connectivity index (χ2v) is 9.43.